The van der Waals surface area contributed by atoms with Crippen molar-refractivity contribution in [3.8, 4) is 10.7 Å². The maximum atomic E-state index is 13.0. The summed E-state index contributed by atoms with van der Waals surface area (Å²) in [7, 11) is 0. The molecule has 31 heavy (non-hydrogen) atoms. The van der Waals surface area contributed by atoms with Crippen LogP contribution in [0.1, 0.15) is 31.3 Å². The van der Waals surface area contributed by atoms with Gasteiger partial charge in [0.2, 0.25) is 0 Å². The quantitative estimate of drug-likeness (QED) is 0.450. The van der Waals surface area contributed by atoms with Gasteiger partial charge in [-0.1, -0.05) is 30.3 Å². The molecule has 0 fully saturated rings. The van der Waals surface area contributed by atoms with Gasteiger partial charge in [0.05, 0.1) is 22.6 Å². The zero-order valence-corrected chi connectivity index (χ0v) is 17.9. The van der Waals surface area contributed by atoms with Gasteiger partial charge in [0.25, 0.3) is 11.8 Å². The van der Waals surface area contributed by atoms with Crippen molar-refractivity contribution >= 4 is 34.5 Å². The number of rotatable bonds is 5. The Morgan fingerprint density at radius 1 is 0.871 bits per heavy atom. The first-order valence-electron chi connectivity index (χ1n) is 9.68. The highest BCUT2D eigenvalue weighted by Gasteiger charge is 2.19. The number of thiazole rings is 1. The second kappa shape index (κ2) is 8.89. The predicted octanol–water partition coefficient (Wildman–Crippen LogP) is 5.33. The Bertz CT molecular complexity index is 1250. The van der Waals surface area contributed by atoms with Crippen molar-refractivity contribution in [2.45, 2.75) is 13.8 Å². The molecular formula is C24H20N4O2S. The number of carbonyl (C=O) groups excluding carboxylic acids is 2. The van der Waals surface area contributed by atoms with Gasteiger partial charge in [0, 0.05) is 11.9 Å². The fourth-order valence-electron chi connectivity index (χ4n) is 3.10. The molecule has 0 spiro atoms. The molecule has 0 aliphatic heterocycles. The number of benzene rings is 2. The Morgan fingerprint density at radius 2 is 1.68 bits per heavy atom. The van der Waals surface area contributed by atoms with Crippen molar-refractivity contribution in [1.82, 2.24) is 9.97 Å². The van der Waals surface area contributed by atoms with Crippen LogP contribution in [-0.4, -0.2) is 21.8 Å². The average Bonchev–Trinajstić information content (AvgIpc) is 3.16. The summed E-state index contributed by atoms with van der Waals surface area (Å²) < 4.78 is 0. The van der Waals surface area contributed by atoms with E-state index in [2.05, 4.69) is 20.6 Å². The molecule has 4 rings (SSSR count). The molecule has 154 valence electrons. The van der Waals surface area contributed by atoms with Crippen molar-refractivity contribution in [1.29, 1.82) is 0 Å². The highest BCUT2D eigenvalue weighted by Crippen LogP contribution is 2.28. The molecule has 2 amide bonds. The maximum Gasteiger partial charge on any atom is 0.267 e. The first-order valence-corrected chi connectivity index (χ1v) is 10.5. The van der Waals surface area contributed by atoms with E-state index in [0.29, 0.717) is 38.2 Å². The first-order chi connectivity index (χ1) is 15.0. The number of para-hydroxylation sites is 1. The molecule has 0 saturated heterocycles. The van der Waals surface area contributed by atoms with E-state index >= 15 is 0 Å². The molecule has 0 radical (unpaired) electrons. The van der Waals surface area contributed by atoms with Crippen LogP contribution in [0.5, 0.6) is 0 Å². The molecule has 2 heterocycles. The van der Waals surface area contributed by atoms with E-state index < -0.39 is 0 Å². The summed E-state index contributed by atoms with van der Waals surface area (Å²) in [5.74, 6) is -0.607. The fourth-order valence-corrected chi connectivity index (χ4v) is 4.03. The van der Waals surface area contributed by atoms with Crippen LogP contribution in [0.3, 0.4) is 0 Å². The molecule has 6 nitrogen and oxygen atoms in total. The molecule has 0 aliphatic carbocycles. The molecule has 0 unspecified atom stereocenters. The number of anilines is 2. The average molecular weight is 429 g/mol. The van der Waals surface area contributed by atoms with Gasteiger partial charge in [0.15, 0.2) is 0 Å². The summed E-state index contributed by atoms with van der Waals surface area (Å²) >= 11 is 1.27. The van der Waals surface area contributed by atoms with Gasteiger partial charge in [-0.3, -0.25) is 14.6 Å². The van der Waals surface area contributed by atoms with Crippen LogP contribution in [0.2, 0.25) is 0 Å². The number of hydrogen-bond donors (Lipinski definition) is 2. The fraction of sp³-hybridized carbons (Fsp3) is 0.0833. The lowest BCUT2D eigenvalue weighted by Crippen LogP contribution is -2.18. The van der Waals surface area contributed by atoms with E-state index in [1.807, 2.05) is 49.4 Å². The van der Waals surface area contributed by atoms with Crippen molar-refractivity contribution < 1.29 is 9.59 Å². The number of aromatic nitrogens is 2. The number of aryl methyl sites for hydroxylation is 2. The largest absolute Gasteiger partial charge is 0.322 e. The SMILES string of the molecule is Cc1cccc(NC(=O)c2ccccc2NC(=O)c2sc(-c3ccccn3)nc2C)c1. The molecule has 0 aliphatic rings. The van der Waals surface area contributed by atoms with Gasteiger partial charge in [-0.2, -0.15) is 0 Å². The minimum atomic E-state index is -0.312. The van der Waals surface area contributed by atoms with E-state index in [-0.39, 0.29) is 11.8 Å². The number of nitrogens with zero attached hydrogens (tertiary/aromatic N) is 2. The number of amides is 2. The Balaban J connectivity index is 1.56. The van der Waals surface area contributed by atoms with Crippen molar-refractivity contribution in [3.63, 3.8) is 0 Å². The first kappa shape index (κ1) is 20.4. The Kier molecular flexibility index (Phi) is 5.86. The van der Waals surface area contributed by atoms with Crippen LogP contribution < -0.4 is 10.6 Å². The molecule has 0 bridgehead atoms. The van der Waals surface area contributed by atoms with Crippen LogP contribution in [0.4, 0.5) is 11.4 Å². The van der Waals surface area contributed by atoms with E-state index in [9.17, 15) is 9.59 Å². The van der Waals surface area contributed by atoms with E-state index in [1.165, 1.54) is 11.3 Å². The molecule has 4 aromatic rings. The third-order valence-corrected chi connectivity index (χ3v) is 5.76. The van der Waals surface area contributed by atoms with Crippen LogP contribution >= 0.6 is 11.3 Å². The summed E-state index contributed by atoms with van der Waals surface area (Å²) in [4.78, 5) is 35.1. The van der Waals surface area contributed by atoms with E-state index in [4.69, 9.17) is 0 Å². The number of hydrogen-bond acceptors (Lipinski definition) is 5. The monoisotopic (exact) mass is 428 g/mol. The second-order valence-corrected chi connectivity index (χ2v) is 7.97. The Morgan fingerprint density at radius 3 is 2.45 bits per heavy atom. The van der Waals surface area contributed by atoms with Gasteiger partial charge >= 0.3 is 0 Å². The summed E-state index contributed by atoms with van der Waals surface area (Å²) in [5, 5.41) is 6.42. The lowest BCUT2D eigenvalue weighted by Gasteiger charge is -2.11. The summed E-state index contributed by atoms with van der Waals surface area (Å²) in [6.45, 7) is 3.74. The Labute approximate surface area is 184 Å². The third-order valence-electron chi connectivity index (χ3n) is 4.58. The molecular weight excluding hydrogens is 408 g/mol. The highest BCUT2D eigenvalue weighted by molar-refractivity contribution is 7.17. The number of pyridine rings is 1. The topological polar surface area (TPSA) is 84.0 Å². The normalized spacial score (nSPS) is 10.5. The standard InChI is InChI=1S/C24H20N4O2S/c1-15-8-7-9-17(14-15)27-22(29)18-10-3-4-11-19(18)28-23(30)21-16(2)26-24(31-21)20-12-5-6-13-25-20/h3-14H,1-2H3,(H,27,29)(H,28,30). The zero-order valence-electron chi connectivity index (χ0n) is 17.0. The van der Waals surface area contributed by atoms with Gasteiger partial charge in [-0.15, -0.1) is 11.3 Å². The molecule has 0 atom stereocenters. The minimum absolute atomic E-state index is 0.295. The Hall–Kier alpha value is -3.84. The molecule has 2 N–H and O–H groups in total. The lowest BCUT2D eigenvalue weighted by molar-refractivity contribution is 0.102. The molecule has 2 aromatic heterocycles. The number of nitrogens with one attached hydrogen (secondary N) is 2. The van der Waals surface area contributed by atoms with Gasteiger partial charge in [-0.25, -0.2) is 4.98 Å². The van der Waals surface area contributed by atoms with Crippen molar-refractivity contribution in [3.05, 3.63) is 94.6 Å². The molecule has 2 aromatic carbocycles. The summed E-state index contributed by atoms with van der Waals surface area (Å²) in [6, 6.07) is 20.0. The van der Waals surface area contributed by atoms with Crippen LogP contribution in [-0.2, 0) is 0 Å². The van der Waals surface area contributed by atoms with Gasteiger partial charge in [-0.05, 0) is 55.8 Å². The molecule has 0 saturated carbocycles. The van der Waals surface area contributed by atoms with E-state index in [1.54, 1.807) is 37.4 Å². The van der Waals surface area contributed by atoms with E-state index in [0.717, 1.165) is 5.56 Å². The van der Waals surface area contributed by atoms with Crippen molar-refractivity contribution in [2.75, 3.05) is 10.6 Å². The maximum absolute atomic E-state index is 13.0. The predicted molar refractivity (Wildman–Crippen MR) is 124 cm³/mol. The third kappa shape index (κ3) is 4.67. The highest BCUT2D eigenvalue weighted by atomic mass is 32.1. The van der Waals surface area contributed by atoms with Crippen LogP contribution in [0.15, 0.2) is 72.9 Å². The van der Waals surface area contributed by atoms with Gasteiger partial charge < -0.3 is 10.6 Å². The lowest BCUT2D eigenvalue weighted by atomic mass is 10.1. The van der Waals surface area contributed by atoms with Crippen LogP contribution in [0.25, 0.3) is 10.7 Å². The minimum Gasteiger partial charge on any atom is -0.322 e. The van der Waals surface area contributed by atoms with Crippen LogP contribution in [0, 0.1) is 13.8 Å². The number of carbonyl (C=O) groups is 2. The summed E-state index contributed by atoms with van der Waals surface area (Å²) in [5.41, 5.74) is 3.89. The smallest absolute Gasteiger partial charge is 0.267 e. The van der Waals surface area contributed by atoms with Crippen molar-refractivity contribution in [2.24, 2.45) is 0 Å². The van der Waals surface area contributed by atoms with Gasteiger partial charge in [0.1, 0.15) is 9.88 Å². The molecule has 7 heteroatoms. The second-order valence-electron chi connectivity index (χ2n) is 6.97. The summed E-state index contributed by atoms with van der Waals surface area (Å²) in [6.07, 6.45) is 1.69. The zero-order chi connectivity index (χ0) is 21.8.